The number of halogens is 1. The fraction of sp³-hybridized carbons (Fsp3) is 0.292. The minimum atomic E-state index is -1.89. The molecule has 29 heavy (non-hydrogen) atoms. The average Bonchev–Trinajstić information content (AvgIpc) is 2.76. The summed E-state index contributed by atoms with van der Waals surface area (Å²) >= 11 is 0. The largest absolute Gasteiger partial charge is 0.386 e. The number of benzene rings is 3. The van der Waals surface area contributed by atoms with Crippen molar-refractivity contribution in [1.29, 1.82) is 0 Å². The van der Waals surface area contributed by atoms with E-state index < -0.39 is 23.6 Å². The molecule has 3 N–H and O–H groups in total. The van der Waals surface area contributed by atoms with Crippen LogP contribution in [0.2, 0.25) is 0 Å². The third-order valence-corrected chi connectivity index (χ3v) is 5.98. The Bertz CT molecular complexity index is 1000. The molecule has 0 aliphatic heterocycles. The van der Waals surface area contributed by atoms with Gasteiger partial charge in [0.1, 0.15) is 12.3 Å². The van der Waals surface area contributed by atoms with Gasteiger partial charge >= 0.3 is 0 Å². The van der Waals surface area contributed by atoms with Gasteiger partial charge in [0.15, 0.2) is 0 Å². The van der Waals surface area contributed by atoms with Crippen LogP contribution in [0, 0.1) is 5.41 Å². The summed E-state index contributed by atoms with van der Waals surface area (Å²) in [5.74, 6) is -0.798. The predicted molar refractivity (Wildman–Crippen MR) is 112 cm³/mol. The zero-order valence-corrected chi connectivity index (χ0v) is 16.7. The number of nitrogens with one attached hydrogen (secondary N) is 1. The van der Waals surface area contributed by atoms with E-state index in [0.717, 1.165) is 27.5 Å². The van der Waals surface area contributed by atoms with Gasteiger partial charge in [-0.2, -0.15) is 0 Å². The fourth-order valence-electron chi connectivity index (χ4n) is 3.55. The Kier molecular flexibility index (Phi) is 6.01. The van der Waals surface area contributed by atoms with E-state index in [0.29, 0.717) is 6.42 Å². The summed E-state index contributed by atoms with van der Waals surface area (Å²) in [4.78, 5) is 12.2. The fourth-order valence-corrected chi connectivity index (χ4v) is 3.55. The standard InChI is InChI=1S/C24H26FNO3/c1-23(22(27)26-29,24(2,28)16-25)13-12-17-8-9-21-15-20(11-10-19(21)14-17)18-6-4-3-5-7-18/h3-11,14-15,28-29H,12-13,16H2,1-2H3,(H,26,27). The molecule has 0 heterocycles. The van der Waals surface area contributed by atoms with E-state index in [1.807, 2.05) is 36.4 Å². The monoisotopic (exact) mass is 395 g/mol. The molecule has 2 atom stereocenters. The van der Waals surface area contributed by atoms with E-state index in [2.05, 4.69) is 30.3 Å². The Hall–Kier alpha value is -2.76. The number of hydrogen-bond acceptors (Lipinski definition) is 3. The average molecular weight is 395 g/mol. The summed E-state index contributed by atoms with van der Waals surface area (Å²) in [6.45, 7) is 1.65. The van der Waals surface area contributed by atoms with Crippen molar-refractivity contribution < 1.29 is 19.5 Å². The van der Waals surface area contributed by atoms with Crippen molar-refractivity contribution in [3.05, 3.63) is 72.3 Å². The van der Waals surface area contributed by atoms with Crippen molar-refractivity contribution in [2.75, 3.05) is 6.67 Å². The van der Waals surface area contributed by atoms with Crippen LogP contribution in [-0.2, 0) is 11.2 Å². The molecular formula is C24H26FNO3. The molecule has 3 rings (SSSR count). The molecule has 0 fully saturated rings. The minimum absolute atomic E-state index is 0.184. The van der Waals surface area contributed by atoms with Crippen molar-refractivity contribution in [3.8, 4) is 11.1 Å². The van der Waals surface area contributed by atoms with Gasteiger partial charge in [0, 0.05) is 0 Å². The van der Waals surface area contributed by atoms with Gasteiger partial charge in [-0.25, -0.2) is 9.87 Å². The first-order valence-electron chi connectivity index (χ1n) is 9.62. The lowest BCUT2D eigenvalue weighted by Crippen LogP contribution is -2.54. The molecule has 2 unspecified atom stereocenters. The van der Waals surface area contributed by atoms with E-state index >= 15 is 0 Å². The first-order chi connectivity index (χ1) is 13.8. The first-order valence-corrected chi connectivity index (χ1v) is 9.62. The Morgan fingerprint density at radius 2 is 1.62 bits per heavy atom. The number of hydroxylamine groups is 1. The van der Waals surface area contributed by atoms with Crippen molar-refractivity contribution in [2.24, 2.45) is 5.41 Å². The van der Waals surface area contributed by atoms with Crippen molar-refractivity contribution >= 4 is 16.7 Å². The number of fused-ring (bicyclic) bond motifs is 1. The molecule has 0 aliphatic rings. The van der Waals surface area contributed by atoms with Crippen LogP contribution in [0.15, 0.2) is 66.7 Å². The van der Waals surface area contributed by atoms with Crippen LogP contribution in [0.1, 0.15) is 25.8 Å². The minimum Gasteiger partial charge on any atom is -0.386 e. The van der Waals surface area contributed by atoms with Crippen molar-refractivity contribution in [2.45, 2.75) is 32.3 Å². The quantitative estimate of drug-likeness (QED) is 0.402. The Labute approximate surface area is 170 Å². The number of aliphatic hydroxyl groups is 1. The highest BCUT2D eigenvalue weighted by Crippen LogP contribution is 2.37. The third-order valence-electron chi connectivity index (χ3n) is 5.98. The highest BCUT2D eigenvalue weighted by Gasteiger charge is 2.49. The van der Waals surface area contributed by atoms with Crippen LogP contribution >= 0.6 is 0 Å². The molecule has 1 amide bonds. The highest BCUT2D eigenvalue weighted by atomic mass is 19.1. The maximum absolute atomic E-state index is 13.4. The molecule has 4 nitrogen and oxygen atoms in total. The molecule has 0 saturated carbocycles. The molecule has 0 saturated heterocycles. The van der Waals surface area contributed by atoms with E-state index in [9.17, 15) is 14.3 Å². The second-order valence-electron chi connectivity index (χ2n) is 7.94. The topological polar surface area (TPSA) is 69.6 Å². The highest BCUT2D eigenvalue weighted by molar-refractivity contribution is 5.88. The van der Waals surface area contributed by atoms with Gasteiger partial charge in [-0.1, -0.05) is 60.7 Å². The van der Waals surface area contributed by atoms with Gasteiger partial charge in [-0.15, -0.1) is 0 Å². The lowest BCUT2D eigenvalue weighted by Gasteiger charge is -2.39. The molecule has 152 valence electrons. The maximum Gasteiger partial charge on any atom is 0.252 e. The number of aryl methyl sites for hydroxylation is 1. The van der Waals surface area contributed by atoms with Gasteiger partial charge < -0.3 is 5.11 Å². The molecule has 3 aromatic carbocycles. The zero-order chi connectivity index (χ0) is 21.1. The van der Waals surface area contributed by atoms with E-state index in [-0.39, 0.29) is 6.42 Å². The Morgan fingerprint density at radius 1 is 0.966 bits per heavy atom. The molecule has 0 spiro atoms. The summed E-state index contributed by atoms with van der Waals surface area (Å²) in [6, 6.07) is 22.4. The molecular weight excluding hydrogens is 369 g/mol. The Balaban J connectivity index is 1.84. The second-order valence-corrected chi connectivity index (χ2v) is 7.94. The number of alkyl halides is 1. The van der Waals surface area contributed by atoms with Crippen molar-refractivity contribution in [3.63, 3.8) is 0 Å². The predicted octanol–water partition coefficient (Wildman–Crippen LogP) is 4.67. The summed E-state index contributed by atoms with van der Waals surface area (Å²) in [7, 11) is 0. The van der Waals surface area contributed by atoms with Crippen LogP contribution in [-0.4, -0.2) is 28.5 Å². The van der Waals surface area contributed by atoms with Crippen LogP contribution in [0.3, 0.4) is 0 Å². The summed E-state index contributed by atoms with van der Waals surface area (Å²) in [6.07, 6.45) is 0.639. The number of hydrogen-bond donors (Lipinski definition) is 3. The van der Waals surface area contributed by atoms with Crippen LogP contribution in [0.25, 0.3) is 21.9 Å². The van der Waals surface area contributed by atoms with Crippen LogP contribution in [0.4, 0.5) is 4.39 Å². The smallest absolute Gasteiger partial charge is 0.252 e. The molecule has 0 bridgehead atoms. The van der Waals surface area contributed by atoms with E-state index in [1.165, 1.54) is 13.8 Å². The molecule has 0 aromatic heterocycles. The number of carbonyl (C=O) groups excluding carboxylic acids is 1. The number of amides is 1. The Morgan fingerprint density at radius 3 is 2.28 bits per heavy atom. The van der Waals surface area contributed by atoms with E-state index in [4.69, 9.17) is 5.21 Å². The summed E-state index contributed by atoms with van der Waals surface area (Å²) in [5.41, 5.74) is 1.47. The van der Waals surface area contributed by atoms with Gasteiger partial charge in [0.05, 0.1) is 5.41 Å². The van der Waals surface area contributed by atoms with Crippen molar-refractivity contribution in [1.82, 2.24) is 5.48 Å². The normalized spacial score (nSPS) is 15.5. The molecule has 0 radical (unpaired) electrons. The summed E-state index contributed by atoms with van der Waals surface area (Å²) < 4.78 is 13.4. The number of rotatable bonds is 7. The molecule has 0 aliphatic carbocycles. The second kappa shape index (κ2) is 8.31. The lowest BCUT2D eigenvalue weighted by molar-refractivity contribution is -0.158. The first kappa shape index (κ1) is 21.0. The number of carbonyl (C=O) groups is 1. The van der Waals surface area contributed by atoms with Gasteiger partial charge in [0.25, 0.3) is 5.91 Å². The SMILES string of the molecule is CC(O)(CF)C(C)(CCc1ccc2cc(-c3ccccc3)ccc2c1)C(=O)NO. The molecule has 5 heteroatoms. The zero-order valence-electron chi connectivity index (χ0n) is 16.7. The molecule has 3 aromatic rings. The van der Waals surface area contributed by atoms with Gasteiger partial charge in [-0.3, -0.25) is 10.0 Å². The third kappa shape index (κ3) is 4.16. The van der Waals surface area contributed by atoms with Gasteiger partial charge in [0.2, 0.25) is 0 Å². The van der Waals surface area contributed by atoms with Crippen LogP contribution < -0.4 is 5.48 Å². The summed E-state index contributed by atoms with van der Waals surface area (Å²) in [5, 5.41) is 21.6. The van der Waals surface area contributed by atoms with E-state index in [1.54, 1.807) is 5.48 Å². The van der Waals surface area contributed by atoms with Crippen LogP contribution in [0.5, 0.6) is 0 Å². The maximum atomic E-state index is 13.4. The lowest BCUT2D eigenvalue weighted by atomic mass is 9.70. The van der Waals surface area contributed by atoms with Gasteiger partial charge in [-0.05, 0) is 60.2 Å².